The number of nitrogens with zero attached hydrogens (tertiary/aromatic N) is 3. The third-order valence-electron chi connectivity index (χ3n) is 3.82. The molecule has 2 aromatic carbocycles. The fraction of sp³-hybridized carbons (Fsp3) is 0.111. The summed E-state index contributed by atoms with van der Waals surface area (Å²) in [6.45, 7) is 2.06. The molecule has 118 valence electrons. The van der Waals surface area contributed by atoms with Gasteiger partial charge in [0.05, 0.1) is 5.39 Å². The molecule has 0 saturated heterocycles. The van der Waals surface area contributed by atoms with E-state index in [1.54, 1.807) is 10.8 Å². The molecular formula is C18H15N4OS+. The molecule has 0 aliphatic rings. The smallest absolute Gasteiger partial charge is 0.295 e. The second kappa shape index (κ2) is 6.05. The van der Waals surface area contributed by atoms with Crippen LogP contribution in [0.5, 0.6) is 0 Å². The van der Waals surface area contributed by atoms with Gasteiger partial charge in [0.25, 0.3) is 0 Å². The largest absolute Gasteiger partial charge is 0.312 e. The number of thioether (sulfide) groups is 1. The second-order valence-electron chi connectivity index (χ2n) is 5.59. The molecule has 0 radical (unpaired) electrons. The van der Waals surface area contributed by atoms with E-state index in [9.17, 15) is 4.79 Å². The number of aromatic nitrogens is 4. The Hall–Kier alpha value is -2.73. The maximum Gasteiger partial charge on any atom is 0.312 e. The Balaban J connectivity index is 1.71. The molecule has 5 nitrogen and oxygen atoms in total. The van der Waals surface area contributed by atoms with E-state index >= 15 is 0 Å². The van der Waals surface area contributed by atoms with E-state index in [4.69, 9.17) is 0 Å². The van der Waals surface area contributed by atoms with Crippen molar-refractivity contribution in [2.24, 2.45) is 0 Å². The van der Waals surface area contributed by atoms with Gasteiger partial charge in [0, 0.05) is 5.75 Å². The maximum atomic E-state index is 12.5. The van der Waals surface area contributed by atoms with Crippen LogP contribution in [0.25, 0.3) is 16.4 Å². The van der Waals surface area contributed by atoms with Crippen molar-refractivity contribution in [3.05, 3.63) is 76.3 Å². The highest BCUT2D eigenvalue weighted by atomic mass is 32.2. The van der Waals surface area contributed by atoms with Crippen LogP contribution >= 0.6 is 11.8 Å². The molecule has 0 amide bonds. The van der Waals surface area contributed by atoms with Gasteiger partial charge in [0.2, 0.25) is 10.7 Å². The van der Waals surface area contributed by atoms with E-state index in [2.05, 4.69) is 46.3 Å². The molecule has 6 heteroatoms. The number of aromatic amines is 1. The Morgan fingerprint density at radius 1 is 1.12 bits per heavy atom. The number of hydrogen-bond donors (Lipinski definition) is 1. The summed E-state index contributed by atoms with van der Waals surface area (Å²) in [4.78, 5) is 19.7. The van der Waals surface area contributed by atoms with Gasteiger partial charge in [0.1, 0.15) is 0 Å². The lowest BCUT2D eigenvalue weighted by molar-refractivity contribution is -0.589. The van der Waals surface area contributed by atoms with E-state index in [-0.39, 0.29) is 5.56 Å². The van der Waals surface area contributed by atoms with Crippen molar-refractivity contribution in [3.63, 3.8) is 0 Å². The summed E-state index contributed by atoms with van der Waals surface area (Å²) in [7, 11) is 0. The van der Waals surface area contributed by atoms with E-state index < -0.39 is 0 Å². The zero-order chi connectivity index (χ0) is 16.5. The predicted octanol–water partition coefficient (Wildman–Crippen LogP) is 2.66. The van der Waals surface area contributed by atoms with Gasteiger partial charge >= 0.3 is 11.9 Å². The summed E-state index contributed by atoms with van der Waals surface area (Å²) in [5.41, 5.74) is 3.56. The van der Waals surface area contributed by atoms with Gasteiger partial charge in [0.15, 0.2) is 5.52 Å². The molecule has 0 bridgehead atoms. The normalized spacial score (nSPS) is 11.2. The van der Waals surface area contributed by atoms with Crippen molar-refractivity contribution in [1.82, 2.24) is 15.1 Å². The average Bonchev–Trinajstić information content (AvgIpc) is 2.61. The van der Waals surface area contributed by atoms with Crippen LogP contribution in [-0.2, 0) is 5.75 Å². The van der Waals surface area contributed by atoms with Gasteiger partial charge in [-0.15, -0.1) is 0 Å². The first-order chi connectivity index (χ1) is 11.7. The quantitative estimate of drug-likeness (QED) is 0.355. The van der Waals surface area contributed by atoms with Gasteiger partial charge in [-0.25, -0.2) is 0 Å². The Bertz CT molecular complexity index is 1090. The SMILES string of the molecule is Cc1ccc(CSc2n[n+]3cnc4ccccc4c3c(=O)[nH]2)cc1. The van der Waals surface area contributed by atoms with Gasteiger partial charge in [-0.3, -0.25) is 9.78 Å². The fourth-order valence-electron chi connectivity index (χ4n) is 2.57. The van der Waals surface area contributed by atoms with Crippen LogP contribution in [0.3, 0.4) is 0 Å². The standard InChI is InChI=1S/C18H14N4OS/c1-12-6-8-13(9-7-12)10-24-18-20-17(23)16-14-4-2-3-5-15(14)19-11-22(16)21-18/h2-9,11H,10H2,1H3/p+1. The molecule has 0 atom stereocenters. The summed E-state index contributed by atoms with van der Waals surface area (Å²) < 4.78 is 1.55. The minimum absolute atomic E-state index is 0.157. The molecule has 2 heterocycles. The lowest BCUT2D eigenvalue weighted by Crippen LogP contribution is -2.35. The number of fused-ring (bicyclic) bond motifs is 3. The van der Waals surface area contributed by atoms with Crippen molar-refractivity contribution < 1.29 is 4.52 Å². The van der Waals surface area contributed by atoms with Crippen molar-refractivity contribution in [3.8, 4) is 0 Å². The summed E-state index contributed by atoms with van der Waals surface area (Å²) in [6.07, 6.45) is 1.59. The fourth-order valence-corrected chi connectivity index (χ4v) is 3.37. The van der Waals surface area contributed by atoms with Crippen LogP contribution in [0.15, 0.2) is 64.8 Å². The van der Waals surface area contributed by atoms with E-state index in [1.165, 1.54) is 22.9 Å². The van der Waals surface area contributed by atoms with Crippen LogP contribution in [0.4, 0.5) is 0 Å². The first-order valence-corrected chi connectivity index (χ1v) is 8.57. The van der Waals surface area contributed by atoms with Crippen LogP contribution < -0.4 is 10.1 Å². The Labute approximate surface area is 142 Å². The third-order valence-corrected chi connectivity index (χ3v) is 4.76. The summed E-state index contributed by atoms with van der Waals surface area (Å²) in [5, 5.41) is 5.85. The van der Waals surface area contributed by atoms with Gasteiger partial charge in [-0.05, 0) is 29.6 Å². The molecule has 2 aromatic heterocycles. The summed E-state index contributed by atoms with van der Waals surface area (Å²) >= 11 is 1.50. The molecule has 0 saturated carbocycles. The molecule has 24 heavy (non-hydrogen) atoms. The number of rotatable bonds is 3. The topological polar surface area (TPSA) is 62.7 Å². The highest BCUT2D eigenvalue weighted by Gasteiger charge is 2.15. The predicted molar refractivity (Wildman–Crippen MR) is 94.1 cm³/mol. The Kier molecular flexibility index (Phi) is 3.74. The van der Waals surface area contributed by atoms with E-state index in [0.29, 0.717) is 10.7 Å². The molecular weight excluding hydrogens is 320 g/mol. The molecule has 4 rings (SSSR count). The Morgan fingerprint density at radius 3 is 2.75 bits per heavy atom. The van der Waals surface area contributed by atoms with Crippen LogP contribution in [0.2, 0.25) is 0 Å². The third kappa shape index (κ3) is 2.76. The number of nitrogens with one attached hydrogen (secondary N) is 1. The van der Waals surface area contributed by atoms with Crippen molar-refractivity contribution in [2.45, 2.75) is 17.8 Å². The summed E-state index contributed by atoms with van der Waals surface area (Å²) in [6, 6.07) is 15.9. The maximum absolute atomic E-state index is 12.5. The molecule has 4 aromatic rings. The molecule has 0 fully saturated rings. The lowest BCUT2D eigenvalue weighted by atomic mass is 10.2. The Morgan fingerprint density at radius 2 is 1.92 bits per heavy atom. The second-order valence-corrected chi connectivity index (χ2v) is 6.55. The number of hydrogen-bond acceptors (Lipinski definition) is 4. The number of H-pyrrole nitrogens is 1. The highest BCUT2D eigenvalue weighted by Crippen LogP contribution is 2.18. The molecule has 0 unspecified atom stereocenters. The number of benzene rings is 2. The first kappa shape index (κ1) is 14.8. The molecule has 1 N–H and O–H groups in total. The number of aryl methyl sites for hydroxylation is 1. The van der Waals surface area contributed by atoms with Crippen molar-refractivity contribution >= 4 is 28.2 Å². The zero-order valence-electron chi connectivity index (χ0n) is 13.1. The van der Waals surface area contributed by atoms with Crippen LogP contribution in [-0.4, -0.2) is 15.1 Å². The van der Waals surface area contributed by atoms with Crippen molar-refractivity contribution in [2.75, 3.05) is 0 Å². The minimum atomic E-state index is -0.157. The van der Waals surface area contributed by atoms with E-state index in [1.807, 2.05) is 24.3 Å². The average molecular weight is 335 g/mol. The first-order valence-electron chi connectivity index (χ1n) is 7.59. The molecule has 0 spiro atoms. The van der Waals surface area contributed by atoms with Crippen LogP contribution in [0.1, 0.15) is 11.1 Å². The van der Waals surface area contributed by atoms with Crippen LogP contribution in [0, 0.1) is 6.92 Å². The van der Waals surface area contributed by atoms with Gasteiger partial charge in [-0.2, -0.15) is 0 Å². The summed E-state index contributed by atoms with van der Waals surface area (Å²) in [5.74, 6) is 0.746. The molecule has 0 aliphatic carbocycles. The van der Waals surface area contributed by atoms with E-state index in [0.717, 1.165) is 16.7 Å². The zero-order valence-corrected chi connectivity index (χ0v) is 13.9. The van der Waals surface area contributed by atoms with Gasteiger partial charge in [-0.1, -0.05) is 63.3 Å². The van der Waals surface area contributed by atoms with Crippen molar-refractivity contribution in [1.29, 1.82) is 0 Å². The van der Waals surface area contributed by atoms with Gasteiger partial charge < -0.3 is 0 Å². The minimum Gasteiger partial charge on any atom is -0.295 e. The lowest BCUT2D eigenvalue weighted by Gasteiger charge is -2.02. The molecule has 0 aliphatic heterocycles. The highest BCUT2D eigenvalue weighted by molar-refractivity contribution is 7.98. The number of para-hydroxylation sites is 1. The monoisotopic (exact) mass is 335 g/mol.